The van der Waals surface area contributed by atoms with E-state index in [1.54, 1.807) is 0 Å². The molecule has 0 bridgehead atoms. The first-order valence-corrected chi connectivity index (χ1v) is 9.92. The molecule has 3 aromatic rings. The molecule has 14 nitrogen and oxygen atoms in total. The van der Waals surface area contributed by atoms with Crippen molar-refractivity contribution in [2.75, 3.05) is 0 Å². The van der Waals surface area contributed by atoms with Crippen LogP contribution in [0.25, 0.3) is 12.2 Å². The molecule has 0 atom stereocenters. The normalized spacial score (nSPS) is 11.6. The fraction of sp³-hybridized carbons (Fsp3) is 0. The summed E-state index contributed by atoms with van der Waals surface area (Å²) in [5, 5.41) is 28.6. The predicted molar refractivity (Wildman–Crippen MR) is 127 cm³/mol. The van der Waals surface area contributed by atoms with Crippen LogP contribution in [0, 0.1) is 20.2 Å². The molecule has 0 fully saturated rings. The molecule has 0 saturated heterocycles. The van der Waals surface area contributed by atoms with Gasteiger partial charge in [-0.1, -0.05) is 0 Å². The van der Waals surface area contributed by atoms with Crippen LogP contribution in [0.4, 0.5) is 11.8 Å². The molecule has 0 saturated carbocycles. The van der Waals surface area contributed by atoms with Crippen LogP contribution in [0.5, 0.6) is 0 Å². The highest BCUT2D eigenvalue weighted by Crippen LogP contribution is 2.17. The quantitative estimate of drug-likeness (QED) is 0.243. The van der Waals surface area contributed by atoms with Crippen molar-refractivity contribution in [3.05, 3.63) is 104 Å². The Morgan fingerprint density at radius 1 is 0.694 bits per heavy atom. The summed E-state index contributed by atoms with van der Waals surface area (Å²) in [6.45, 7) is 0. The average molecular weight is 492 g/mol. The number of allylic oxidation sites excluding steroid dienone is 2. The molecule has 2 amide bonds. The minimum Gasteiger partial charge on any atom is -0.401 e. The molecule has 0 unspecified atom stereocenters. The first kappa shape index (κ1) is 25.0. The number of furan rings is 2. The molecule has 14 heteroatoms. The Hall–Kier alpha value is -5.66. The maximum Gasteiger partial charge on any atom is 0.433 e. The number of hydrazone groups is 2. The molecule has 0 spiro atoms. The number of nitrogens with one attached hydrogen (secondary N) is 2. The lowest BCUT2D eigenvalue weighted by atomic mass is 10.1. The largest absolute Gasteiger partial charge is 0.433 e. The standard InChI is InChI=1S/C22H16N6O8/c29-21(25-23-13-1-3-17-9-11-19(35-17)27(31)32)15-5-7-16(8-6-15)22(30)26-24-14-2-4-18-10-12-20(36-18)28(33)34/h1-14H,(H,25,29)(H,26,30)/b3-1+,4-2+,23-13+,24-14+. The number of carbonyl (C=O) groups excluding carboxylic acids is 2. The third kappa shape index (κ3) is 7.17. The molecule has 1 aromatic carbocycles. The number of benzene rings is 1. The highest BCUT2D eigenvalue weighted by molar-refractivity contribution is 5.98. The fourth-order valence-corrected chi connectivity index (χ4v) is 2.52. The van der Waals surface area contributed by atoms with Gasteiger partial charge in [0.15, 0.2) is 0 Å². The number of nitro groups is 2. The van der Waals surface area contributed by atoms with Crippen molar-refractivity contribution in [1.29, 1.82) is 0 Å². The summed E-state index contributed by atoms with van der Waals surface area (Å²) in [5.41, 5.74) is 5.07. The summed E-state index contributed by atoms with van der Waals surface area (Å²) < 4.78 is 9.86. The Balaban J connectivity index is 1.44. The van der Waals surface area contributed by atoms with E-state index in [0.29, 0.717) is 0 Å². The van der Waals surface area contributed by atoms with E-state index in [4.69, 9.17) is 8.83 Å². The van der Waals surface area contributed by atoms with Gasteiger partial charge in [-0.2, -0.15) is 10.2 Å². The zero-order chi connectivity index (χ0) is 25.9. The van der Waals surface area contributed by atoms with Crippen LogP contribution in [-0.4, -0.2) is 34.1 Å². The smallest absolute Gasteiger partial charge is 0.401 e. The van der Waals surface area contributed by atoms with E-state index in [1.807, 2.05) is 0 Å². The maximum absolute atomic E-state index is 12.1. The number of amides is 2. The lowest BCUT2D eigenvalue weighted by Crippen LogP contribution is -2.19. The third-order valence-corrected chi connectivity index (χ3v) is 4.17. The Morgan fingerprint density at radius 3 is 1.42 bits per heavy atom. The van der Waals surface area contributed by atoms with Crippen LogP contribution >= 0.6 is 0 Å². The Kier molecular flexibility index (Phi) is 8.31. The van der Waals surface area contributed by atoms with Gasteiger partial charge in [-0.05, 0) is 60.7 Å². The predicted octanol–water partition coefficient (Wildman–Crippen LogP) is 3.55. The van der Waals surface area contributed by atoms with Gasteiger partial charge in [-0.25, -0.2) is 10.9 Å². The fourth-order valence-electron chi connectivity index (χ4n) is 2.52. The lowest BCUT2D eigenvalue weighted by molar-refractivity contribution is -0.402. The summed E-state index contributed by atoms with van der Waals surface area (Å²) >= 11 is 0. The second-order valence-electron chi connectivity index (χ2n) is 6.60. The summed E-state index contributed by atoms with van der Waals surface area (Å²) in [7, 11) is 0. The molecule has 3 rings (SSSR count). The number of carbonyl (C=O) groups is 2. The van der Waals surface area contributed by atoms with Crippen molar-refractivity contribution < 1.29 is 28.3 Å². The van der Waals surface area contributed by atoms with Crippen LogP contribution in [0.3, 0.4) is 0 Å². The SMILES string of the molecule is O=C(N/N=C/C=C/c1ccc([N+](=O)[O-])o1)c1ccc(C(=O)N/N=C/C=C/c2ccc([N+](=O)[O-])o2)cc1. The first-order chi connectivity index (χ1) is 17.3. The summed E-state index contributed by atoms with van der Waals surface area (Å²) in [6.07, 6.45) is 8.21. The molecule has 182 valence electrons. The van der Waals surface area contributed by atoms with Crippen molar-refractivity contribution in [2.45, 2.75) is 0 Å². The highest BCUT2D eigenvalue weighted by atomic mass is 16.7. The molecule has 2 aromatic heterocycles. The Morgan fingerprint density at radius 2 is 1.08 bits per heavy atom. The van der Waals surface area contributed by atoms with Crippen molar-refractivity contribution in [2.24, 2.45) is 10.2 Å². The lowest BCUT2D eigenvalue weighted by Gasteiger charge is -2.02. The van der Waals surface area contributed by atoms with Gasteiger partial charge in [0.1, 0.15) is 21.4 Å². The van der Waals surface area contributed by atoms with E-state index < -0.39 is 21.7 Å². The molecular weight excluding hydrogens is 476 g/mol. The third-order valence-electron chi connectivity index (χ3n) is 4.17. The van der Waals surface area contributed by atoms with E-state index in [0.717, 1.165) is 0 Å². The van der Waals surface area contributed by atoms with E-state index in [-0.39, 0.29) is 34.4 Å². The molecular formula is C22H16N6O8. The van der Waals surface area contributed by atoms with Gasteiger partial charge in [0, 0.05) is 23.6 Å². The maximum atomic E-state index is 12.1. The molecule has 2 heterocycles. The van der Waals surface area contributed by atoms with Crippen molar-refractivity contribution in [1.82, 2.24) is 10.9 Å². The molecule has 0 aliphatic rings. The van der Waals surface area contributed by atoms with E-state index in [2.05, 4.69) is 21.1 Å². The highest BCUT2D eigenvalue weighted by Gasteiger charge is 2.11. The molecule has 2 N–H and O–H groups in total. The number of hydrogen-bond acceptors (Lipinski definition) is 10. The van der Waals surface area contributed by atoms with Crippen LogP contribution < -0.4 is 10.9 Å². The summed E-state index contributed by atoms with van der Waals surface area (Å²) in [5.74, 6) is -1.33. The van der Waals surface area contributed by atoms with Gasteiger partial charge >= 0.3 is 11.8 Å². The molecule has 0 radical (unpaired) electrons. The monoisotopic (exact) mass is 492 g/mol. The second kappa shape index (κ2) is 12.0. The minimum absolute atomic E-state index is 0.244. The average Bonchev–Trinajstić information content (AvgIpc) is 3.54. The van der Waals surface area contributed by atoms with E-state index in [1.165, 1.54) is 85.3 Å². The minimum atomic E-state index is -0.659. The van der Waals surface area contributed by atoms with Crippen molar-refractivity contribution in [3.63, 3.8) is 0 Å². The summed E-state index contributed by atoms with van der Waals surface area (Å²) in [6, 6.07) is 10.9. The number of rotatable bonds is 10. The van der Waals surface area contributed by atoms with Gasteiger partial charge in [-0.3, -0.25) is 29.8 Å². The zero-order valence-corrected chi connectivity index (χ0v) is 18.1. The van der Waals surface area contributed by atoms with Crippen LogP contribution in [0.2, 0.25) is 0 Å². The molecule has 0 aliphatic carbocycles. The number of nitrogens with zero attached hydrogens (tertiary/aromatic N) is 4. The van der Waals surface area contributed by atoms with Gasteiger partial charge < -0.3 is 8.83 Å². The van der Waals surface area contributed by atoms with Crippen molar-refractivity contribution in [3.8, 4) is 0 Å². The van der Waals surface area contributed by atoms with Crippen molar-refractivity contribution >= 4 is 48.2 Å². The zero-order valence-electron chi connectivity index (χ0n) is 18.1. The molecule has 0 aliphatic heterocycles. The second-order valence-corrected chi connectivity index (χ2v) is 6.60. The van der Waals surface area contributed by atoms with E-state index >= 15 is 0 Å². The molecule has 36 heavy (non-hydrogen) atoms. The first-order valence-electron chi connectivity index (χ1n) is 9.92. The Bertz CT molecular complexity index is 1280. The Labute approximate surface area is 201 Å². The van der Waals surface area contributed by atoms with Gasteiger partial charge in [-0.15, -0.1) is 0 Å². The topological polar surface area (TPSA) is 195 Å². The van der Waals surface area contributed by atoms with Gasteiger partial charge in [0.25, 0.3) is 11.8 Å². The van der Waals surface area contributed by atoms with Crippen LogP contribution in [0.1, 0.15) is 32.2 Å². The van der Waals surface area contributed by atoms with Crippen LogP contribution in [-0.2, 0) is 0 Å². The van der Waals surface area contributed by atoms with Crippen LogP contribution in [0.15, 0.2) is 79.7 Å². The van der Waals surface area contributed by atoms with Gasteiger partial charge in [0.2, 0.25) is 0 Å². The number of hydrogen-bond donors (Lipinski definition) is 2. The van der Waals surface area contributed by atoms with E-state index in [9.17, 15) is 29.8 Å². The summed E-state index contributed by atoms with van der Waals surface area (Å²) in [4.78, 5) is 44.0. The van der Waals surface area contributed by atoms with Gasteiger partial charge in [0.05, 0.1) is 12.1 Å².